The predicted molar refractivity (Wildman–Crippen MR) is 384 cm³/mol. The van der Waals surface area contributed by atoms with Crippen molar-refractivity contribution in [2.45, 2.75) is 249 Å². The van der Waals surface area contributed by atoms with E-state index in [0.717, 1.165) is 27.4 Å². The number of rotatable bonds is 23. The molecule has 2 saturated heterocycles. The molecule has 4 aromatic rings. The number of ether oxygens (including phenoxy) is 5. The van der Waals surface area contributed by atoms with Crippen LogP contribution in [-0.2, 0) is 71.6 Å². The molecule has 0 bridgehead atoms. The van der Waals surface area contributed by atoms with Gasteiger partial charge >= 0.3 is 35.8 Å². The van der Waals surface area contributed by atoms with Crippen LogP contribution in [0, 0.1) is 23.7 Å². The van der Waals surface area contributed by atoms with Crippen LogP contribution in [0.25, 0.3) is 34.0 Å². The van der Waals surface area contributed by atoms with Gasteiger partial charge in [-0.25, -0.2) is 15.8 Å². The van der Waals surface area contributed by atoms with E-state index >= 15 is 0 Å². The Balaban J connectivity index is 0.000000356. The van der Waals surface area contributed by atoms with E-state index in [1.807, 2.05) is 136 Å². The molecule has 2 aliphatic heterocycles. The van der Waals surface area contributed by atoms with E-state index in [1.54, 1.807) is 80.5 Å². The fraction of sp³-hybridized carbons (Fsp3) is 0.579. The van der Waals surface area contributed by atoms with Crippen molar-refractivity contribution in [3.8, 4) is 0 Å². The highest BCUT2D eigenvalue weighted by molar-refractivity contribution is 5.92. The lowest BCUT2D eigenvalue weighted by molar-refractivity contribution is -0.159. The van der Waals surface area contributed by atoms with Crippen LogP contribution >= 0.6 is 0 Å². The zero-order chi connectivity index (χ0) is 76.1. The van der Waals surface area contributed by atoms with Crippen molar-refractivity contribution in [2.24, 2.45) is 23.7 Å². The van der Waals surface area contributed by atoms with Crippen molar-refractivity contribution in [2.75, 3.05) is 13.1 Å². The fourth-order valence-electron chi connectivity index (χ4n) is 10.5. The Labute approximate surface area is 595 Å². The molecule has 101 heavy (non-hydrogen) atoms. The van der Waals surface area contributed by atoms with E-state index in [1.165, 1.54) is 16.9 Å². The van der Waals surface area contributed by atoms with Crippen LogP contribution in [0.15, 0.2) is 72.8 Å². The van der Waals surface area contributed by atoms with E-state index in [2.05, 4.69) is 26.5 Å². The van der Waals surface area contributed by atoms with Gasteiger partial charge in [0.05, 0.1) is 66.0 Å². The number of carboxylic acids is 1. The lowest BCUT2D eigenvalue weighted by Gasteiger charge is -2.35. The van der Waals surface area contributed by atoms with Gasteiger partial charge in [-0.2, -0.15) is 0 Å². The summed E-state index contributed by atoms with van der Waals surface area (Å²) in [6.07, 6.45) is 8.20. The van der Waals surface area contributed by atoms with Gasteiger partial charge in [-0.1, -0.05) is 88.4 Å². The molecule has 25 heteroatoms. The van der Waals surface area contributed by atoms with Crippen LogP contribution in [0.4, 0.5) is 0 Å². The monoisotopic (exact) mass is 1410 g/mol. The number of nitrogens with zero attached hydrogens (tertiary/aromatic N) is 4. The maximum Gasteiger partial charge on any atom is 0.325 e. The topological polar surface area (TPSA) is 338 Å². The molecular weight excluding hydrogens is 1300 g/mol. The van der Waals surface area contributed by atoms with Gasteiger partial charge in [0.15, 0.2) is 0 Å². The highest BCUT2D eigenvalue weighted by Crippen LogP contribution is 2.26. The number of hydrazine groups is 2. The molecule has 4 amide bonds. The van der Waals surface area contributed by atoms with Gasteiger partial charge in [0.2, 0.25) is 11.8 Å². The van der Waals surface area contributed by atoms with Crippen molar-refractivity contribution in [1.29, 1.82) is 0 Å². The number of esters is 5. The zero-order valence-electron chi connectivity index (χ0n) is 62.7. The highest BCUT2D eigenvalue weighted by atomic mass is 16.6. The van der Waals surface area contributed by atoms with Gasteiger partial charge in [0.1, 0.15) is 52.7 Å². The van der Waals surface area contributed by atoms with Crippen LogP contribution in [0.1, 0.15) is 225 Å². The van der Waals surface area contributed by atoms with Crippen LogP contribution in [-0.4, -0.2) is 149 Å². The number of pyridine rings is 2. The van der Waals surface area contributed by atoms with Crippen molar-refractivity contribution in [1.82, 2.24) is 41.5 Å². The Morgan fingerprint density at radius 3 is 1.26 bits per heavy atom. The molecule has 4 heterocycles. The summed E-state index contributed by atoms with van der Waals surface area (Å²) in [6, 6.07) is 15.8. The molecule has 8 atom stereocenters. The van der Waals surface area contributed by atoms with E-state index < -0.39 is 118 Å². The second kappa shape index (κ2) is 37.8. The molecule has 0 saturated carbocycles. The first-order valence-corrected chi connectivity index (χ1v) is 34.7. The highest BCUT2D eigenvalue weighted by Gasteiger charge is 2.37. The molecule has 25 nitrogen and oxygen atoms in total. The quantitative estimate of drug-likeness (QED) is 0.0297. The summed E-state index contributed by atoms with van der Waals surface area (Å²) in [7, 11) is 0. The number of carbonyl (C=O) groups is 10. The van der Waals surface area contributed by atoms with Gasteiger partial charge in [-0.05, 0) is 184 Å². The average Bonchev–Trinajstić information content (AvgIpc) is 0.831. The minimum atomic E-state index is -1.02. The van der Waals surface area contributed by atoms with Crippen molar-refractivity contribution < 1.29 is 81.8 Å². The van der Waals surface area contributed by atoms with E-state index in [9.17, 15) is 53.1 Å². The number of benzene rings is 2. The Morgan fingerprint density at radius 1 is 0.525 bits per heavy atom. The Hall–Kier alpha value is -8.68. The summed E-state index contributed by atoms with van der Waals surface area (Å²) in [5, 5.41) is 28.6. The molecule has 2 fully saturated rings. The van der Waals surface area contributed by atoms with E-state index in [0.29, 0.717) is 55.7 Å². The van der Waals surface area contributed by atoms with Gasteiger partial charge in [0, 0.05) is 23.9 Å². The summed E-state index contributed by atoms with van der Waals surface area (Å²) >= 11 is 0. The van der Waals surface area contributed by atoms with Crippen molar-refractivity contribution in [3.05, 3.63) is 95.3 Å². The molecule has 556 valence electrons. The summed E-state index contributed by atoms with van der Waals surface area (Å²) in [5.41, 5.74) is 7.89. The molecule has 6 rings (SSSR count). The Morgan fingerprint density at radius 2 is 0.881 bits per heavy atom. The van der Waals surface area contributed by atoms with Gasteiger partial charge in [-0.3, -0.25) is 62.9 Å². The number of fused-ring (bicyclic) bond motifs is 2. The number of carboxylic acid groups (broad SMARTS) is 1. The smallest absolute Gasteiger partial charge is 0.325 e. The third-order valence-electron chi connectivity index (χ3n) is 15.5. The first-order chi connectivity index (χ1) is 46.8. The van der Waals surface area contributed by atoms with Crippen LogP contribution in [0.3, 0.4) is 0 Å². The molecule has 2 aromatic heterocycles. The standard InChI is InChI=1S/C38H54N4O8.C19H33N3O6.C19H23NO3/c1-23(2)28(22-33(44)50-38(8,9)10)34(45)39-24(3)35(46)42-20-12-14-30(41-42)36(47)48-25(4)29-19-18-27-17-16-26(21-31(27)40-29)13-11-15-32(43)49-37(5,6)7;1-11(2)13(10-15(23)28-19(4,5)6)16(24)20-12(3)17(25)22-9-7-8-14(21-22)18(26)27;1-13(21)16-11-10-15-9-8-14(12-17(15)20-16)6-5-7-18(22)23-19(2,3)4/h11,13,16-19,21,23-25,28,30,41H,12,14-15,20,22H2,1-10H3,(H,39,45);11-14,21H,7-10H2,1-6H3,(H,20,24)(H,26,27);5-6,8-13,21H,7H2,1-4H3/b13-11+;;6-5+/t24-,25+,28-,30-;12-,13-,14-;13-/m001/s1. The minimum Gasteiger partial charge on any atom is -0.480 e. The maximum absolute atomic E-state index is 13.3. The third kappa shape index (κ3) is 30.2. The van der Waals surface area contributed by atoms with Gasteiger partial charge in [-0.15, -0.1) is 0 Å². The molecule has 0 radical (unpaired) electrons. The average molecular weight is 1410 g/mol. The number of aliphatic carboxylic acids is 1. The number of aliphatic hydroxyl groups is 1. The second-order valence-electron chi connectivity index (χ2n) is 30.2. The van der Waals surface area contributed by atoms with Crippen molar-refractivity contribution in [3.63, 3.8) is 0 Å². The normalized spacial score (nSPS) is 17.1. The van der Waals surface area contributed by atoms with Crippen molar-refractivity contribution >= 4 is 93.4 Å². The largest absolute Gasteiger partial charge is 0.480 e. The van der Waals surface area contributed by atoms with Gasteiger partial charge in [0.25, 0.3) is 11.8 Å². The Bertz CT molecular complexity index is 3590. The molecule has 2 aromatic carbocycles. The van der Waals surface area contributed by atoms with Crippen LogP contribution in [0.2, 0.25) is 0 Å². The number of amides is 4. The summed E-state index contributed by atoms with van der Waals surface area (Å²) in [4.78, 5) is 133. The minimum absolute atomic E-state index is 0.0786. The number of hydrogen-bond donors (Lipinski definition) is 6. The van der Waals surface area contributed by atoms with E-state index in [4.69, 9.17) is 33.8 Å². The van der Waals surface area contributed by atoms with Crippen LogP contribution < -0.4 is 21.5 Å². The first kappa shape index (κ1) is 84.7. The predicted octanol–water partition coefficient (Wildman–Crippen LogP) is 10.7. The molecule has 2 aliphatic rings. The SMILES string of the molecule is CC(C)[C@H](CC(=O)OC(C)(C)C)C(=O)N[C@@H](C)C(=O)N1CCC[C@@H](C(=O)O)N1.CC(C)[C@H](CC(=O)OC(C)(C)C)C(=O)N[C@@H](C)C(=O)N1CCC[C@@H](C(=O)O[C@H](C)c2ccc3ccc(/C=C/CC(=O)OC(C)(C)C)cc3n2)N1.C[C@@H](O)c1ccc2ccc(/C=C/CC(=O)OC(C)(C)C)cc2n1. The Kier molecular flexibility index (Phi) is 31.7. The number of carbonyl (C=O) groups excluding carboxylic acids is 9. The first-order valence-electron chi connectivity index (χ1n) is 34.7. The molecule has 0 spiro atoms. The number of aromatic nitrogens is 2. The van der Waals surface area contributed by atoms with Gasteiger partial charge < -0.3 is 44.5 Å². The third-order valence-corrected chi connectivity index (χ3v) is 15.5. The molecule has 0 unspecified atom stereocenters. The summed E-state index contributed by atoms with van der Waals surface area (Å²) in [5.74, 6) is -6.29. The number of aliphatic hydroxyl groups excluding tert-OH is 1. The molecular formula is C76H110N8O17. The molecule has 6 N–H and O–H groups in total. The second-order valence-corrected chi connectivity index (χ2v) is 30.2. The number of nitrogens with one attached hydrogen (secondary N) is 4. The maximum atomic E-state index is 13.3. The van der Waals surface area contributed by atoms with E-state index in [-0.39, 0.29) is 49.5 Å². The summed E-state index contributed by atoms with van der Waals surface area (Å²) < 4.78 is 27.1. The lowest BCUT2D eigenvalue weighted by atomic mass is 9.91. The van der Waals surface area contributed by atoms with Crippen LogP contribution in [0.5, 0.6) is 0 Å². The fourth-order valence-corrected chi connectivity index (χ4v) is 10.5. The zero-order valence-corrected chi connectivity index (χ0v) is 62.7. The summed E-state index contributed by atoms with van der Waals surface area (Å²) in [6.45, 7) is 36.2. The lowest BCUT2D eigenvalue weighted by Crippen LogP contribution is -2.59. The molecule has 0 aliphatic carbocycles. The number of hydrogen-bond acceptors (Lipinski definition) is 20.